The molecule has 0 atom stereocenters. The Morgan fingerprint density at radius 3 is 1.70 bits per heavy atom. The molecule has 0 aliphatic heterocycles. The summed E-state index contributed by atoms with van der Waals surface area (Å²) in [6.45, 7) is 0. The van der Waals surface area contributed by atoms with Gasteiger partial charge in [0.05, 0.1) is 0 Å². The summed E-state index contributed by atoms with van der Waals surface area (Å²) in [5.41, 5.74) is 13.9. The van der Waals surface area contributed by atoms with E-state index in [-0.39, 0.29) is 0 Å². The largest absolute Gasteiger partial charge is 0.456 e. The lowest BCUT2D eigenvalue weighted by Gasteiger charge is -2.13. The van der Waals surface area contributed by atoms with Crippen LogP contribution in [0.5, 0.6) is 0 Å². The average molecular weight is 676 g/mol. The molecule has 0 bridgehead atoms. The molecule has 0 unspecified atom stereocenters. The Kier molecular flexibility index (Phi) is 6.52. The van der Waals surface area contributed by atoms with E-state index in [1.165, 1.54) is 33.0 Å². The highest BCUT2D eigenvalue weighted by atomic mass is 16.3. The van der Waals surface area contributed by atoms with E-state index in [9.17, 15) is 0 Å². The molecule has 0 saturated carbocycles. The zero-order valence-corrected chi connectivity index (χ0v) is 28.5. The third-order valence-electron chi connectivity index (χ3n) is 10.5. The van der Waals surface area contributed by atoms with Gasteiger partial charge in [-0.3, -0.25) is 0 Å². The monoisotopic (exact) mass is 675 g/mol. The predicted octanol–water partition coefficient (Wildman–Crippen LogP) is 12.9. The van der Waals surface area contributed by atoms with E-state index in [1.807, 2.05) is 48.5 Å². The first-order valence-electron chi connectivity index (χ1n) is 17.9. The second kappa shape index (κ2) is 11.7. The molecule has 246 valence electrons. The van der Waals surface area contributed by atoms with Gasteiger partial charge in [0, 0.05) is 27.5 Å². The molecule has 0 N–H and O–H groups in total. The van der Waals surface area contributed by atoms with Crippen molar-refractivity contribution >= 4 is 32.7 Å². The SMILES string of the molecule is c1ccc(-c2ccc3oc4cccc(-c5nc(-c6ccccc6)nc(-c6ccccc6-c6ccc7c(c6)-c6cccc8cccc-7c68)n5)c4c3c2)cc1. The molecule has 10 aromatic rings. The Bertz CT molecular complexity index is 3050. The van der Waals surface area contributed by atoms with Crippen molar-refractivity contribution in [3.8, 4) is 78.7 Å². The Morgan fingerprint density at radius 2 is 0.906 bits per heavy atom. The molecule has 0 amide bonds. The second-order valence-electron chi connectivity index (χ2n) is 13.5. The van der Waals surface area contributed by atoms with Gasteiger partial charge in [-0.1, -0.05) is 152 Å². The zero-order chi connectivity index (χ0) is 34.9. The highest BCUT2D eigenvalue weighted by Crippen LogP contribution is 2.49. The molecule has 4 nitrogen and oxygen atoms in total. The van der Waals surface area contributed by atoms with Gasteiger partial charge in [-0.25, -0.2) is 15.0 Å². The van der Waals surface area contributed by atoms with Gasteiger partial charge in [0.25, 0.3) is 0 Å². The number of hydrogen-bond acceptors (Lipinski definition) is 4. The van der Waals surface area contributed by atoms with E-state index in [1.54, 1.807) is 0 Å². The molecule has 0 fully saturated rings. The first kappa shape index (κ1) is 29.5. The van der Waals surface area contributed by atoms with Gasteiger partial charge >= 0.3 is 0 Å². The summed E-state index contributed by atoms with van der Waals surface area (Å²) in [7, 11) is 0. The predicted molar refractivity (Wildman–Crippen MR) is 216 cm³/mol. The number of rotatable bonds is 5. The summed E-state index contributed by atoms with van der Waals surface area (Å²) in [6, 6.07) is 61.5. The van der Waals surface area contributed by atoms with Gasteiger partial charge in [0.2, 0.25) is 0 Å². The molecule has 2 aromatic heterocycles. The number of hydrogen-bond donors (Lipinski definition) is 0. The maximum Gasteiger partial charge on any atom is 0.164 e. The van der Waals surface area contributed by atoms with E-state index < -0.39 is 0 Å². The first-order chi connectivity index (χ1) is 26.3. The Labute approximate surface area is 305 Å². The van der Waals surface area contributed by atoms with Gasteiger partial charge in [0.1, 0.15) is 11.2 Å². The van der Waals surface area contributed by atoms with Crippen molar-refractivity contribution in [1.82, 2.24) is 15.0 Å². The van der Waals surface area contributed by atoms with Crippen LogP contribution in [0.1, 0.15) is 0 Å². The average Bonchev–Trinajstić information content (AvgIpc) is 3.77. The van der Waals surface area contributed by atoms with E-state index in [0.717, 1.165) is 60.9 Å². The molecule has 1 aliphatic carbocycles. The van der Waals surface area contributed by atoms with Gasteiger partial charge in [-0.15, -0.1) is 0 Å². The normalized spacial score (nSPS) is 11.8. The van der Waals surface area contributed by atoms with Crippen molar-refractivity contribution in [1.29, 1.82) is 0 Å². The fourth-order valence-electron chi connectivity index (χ4n) is 8.05. The number of nitrogens with zero attached hydrogens (tertiary/aromatic N) is 3. The summed E-state index contributed by atoms with van der Waals surface area (Å²) in [6.07, 6.45) is 0. The lowest BCUT2D eigenvalue weighted by Crippen LogP contribution is -2.01. The standard InChI is InChI=1S/C49H29N3O/c1-3-12-30(13-4-1)33-25-27-43-42(28-33)46-40(22-11-23-44(46)53-43)49-51-47(32-14-5-2-6-15-32)50-48(52-49)39-19-8-7-18-35(39)34-24-26-36-37-20-9-16-31-17-10-21-38(45(31)37)41(36)29-34/h1-29H. The second-order valence-corrected chi connectivity index (χ2v) is 13.5. The summed E-state index contributed by atoms with van der Waals surface area (Å²) >= 11 is 0. The van der Waals surface area contributed by atoms with Crippen molar-refractivity contribution in [2.45, 2.75) is 0 Å². The van der Waals surface area contributed by atoms with Crippen molar-refractivity contribution < 1.29 is 4.42 Å². The number of fused-ring (bicyclic) bond motifs is 6. The van der Waals surface area contributed by atoms with Crippen LogP contribution in [-0.4, -0.2) is 15.0 Å². The van der Waals surface area contributed by atoms with E-state index in [2.05, 4.69) is 127 Å². The summed E-state index contributed by atoms with van der Waals surface area (Å²) < 4.78 is 6.42. The van der Waals surface area contributed by atoms with Crippen molar-refractivity contribution in [2.24, 2.45) is 0 Å². The van der Waals surface area contributed by atoms with Crippen LogP contribution in [-0.2, 0) is 0 Å². The maximum atomic E-state index is 6.42. The molecule has 11 rings (SSSR count). The maximum absolute atomic E-state index is 6.42. The fourth-order valence-corrected chi connectivity index (χ4v) is 8.05. The fraction of sp³-hybridized carbons (Fsp3) is 0. The molecule has 0 saturated heterocycles. The van der Waals surface area contributed by atoms with Crippen LogP contribution in [0.3, 0.4) is 0 Å². The van der Waals surface area contributed by atoms with E-state index in [0.29, 0.717) is 17.5 Å². The quantitative estimate of drug-likeness (QED) is 0.182. The van der Waals surface area contributed by atoms with Gasteiger partial charge in [-0.05, 0) is 79.5 Å². The lowest BCUT2D eigenvalue weighted by molar-refractivity contribution is 0.669. The Hall–Kier alpha value is -7.17. The minimum absolute atomic E-state index is 0.596. The molecule has 53 heavy (non-hydrogen) atoms. The van der Waals surface area contributed by atoms with Crippen molar-refractivity contribution in [3.05, 3.63) is 176 Å². The van der Waals surface area contributed by atoms with Gasteiger partial charge in [-0.2, -0.15) is 0 Å². The molecule has 0 radical (unpaired) electrons. The van der Waals surface area contributed by atoms with Crippen LogP contribution in [0.25, 0.3) is 111 Å². The number of furan rings is 1. The Balaban J connectivity index is 1.11. The van der Waals surface area contributed by atoms with Gasteiger partial charge < -0.3 is 4.42 Å². The van der Waals surface area contributed by atoms with Crippen LogP contribution in [0.2, 0.25) is 0 Å². The third-order valence-corrected chi connectivity index (χ3v) is 10.5. The smallest absolute Gasteiger partial charge is 0.164 e. The van der Waals surface area contributed by atoms with Crippen LogP contribution < -0.4 is 0 Å². The van der Waals surface area contributed by atoms with Gasteiger partial charge in [0.15, 0.2) is 17.5 Å². The highest BCUT2D eigenvalue weighted by Gasteiger charge is 2.23. The van der Waals surface area contributed by atoms with E-state index in [4.69, 9.17) is 19.4 Å². The first-order valence-corrected chi connectivity index (χ1v) is 17.9. The summed E-state index contributed by atoms with van der Waals surface area (Å²) in [4.78, 5) is 15.6. The minimum atomic E-state index is 0.596. The molecular weight excluding hydrogens is 647 g/mol. The number of aromatic nitrogens is 3. The Morgan fingerprint density at radius 1 is 0.302 bits per heavy atom. The third kappa shape index (κ3) is 4.73. The van der Waals surface area contributed by atoms with Crippen molar-refractivity contribution in [2.75, 3.05) is 0 Å². The van der Waals surface area contributed by atoms with Crippen LogP contribution in [0, 0.1) is 0 Å². The molecular formula is C49H29N3O. The highest BCUT2D eigenvalue weighted by molar-refractivity contribution is 6.16. The summed E-state index contributed by atoms with van der Waals surface area (Å²) in [5, 5.41) is 4.59. The molecule has 2 heterocycles. The van der Waals surface area contributed by atoms with Crippen LogP contribution in [0.4, 0.5) is 0 Å². The van der Waals surface area contributed by atoms with E-state index >= 15 is 0 Å². The van der Waals surface area contributed by atoms with Crippen LogP contribution in [0.15, 0.2) is 180 Å². The zero-order valence-electron chi connectivity index (χ0n) is 28.5. The van der Waals surface area contributed by atoms with Crippen LogP contribution >= 0.6 is 0 Å². The molecule has 4 heteroatoms. The topological polar surface area (TPSA) is 51.8 Å². The minimum Gasteiger partial charge on any atom is -0.456 e. The molecule has 1 aliphatic rings. The number of benzene rings is 8. The molecule has 0 spiro atoms. The summed E-state index contributed by atoms with van der Waals surface area (Å²) in [5.74, 6) is 1.83. The van der Waals surface area contributed by atoms with Crippen molar-refractivity contribution in [3.63, 3.8) is 0 Å². The lowest BCUT2D eigenvalue weighted by atomic mass is 9.94. The molecule has 8 aromatic carbocycles.